The molecule has 47 heavy (non-hydrogen) atoms. The van der Waals surface area contributed by atoms with Crippen molar-refractivity contribution in [2.45, 2.75) is 27.2 Å². The molecule has 0 aliphatic heterocycles. The Bertz CT molecular complexity index is 2190. The van der Waals surface area contributed by atoms with Gasteiger partial charge in [-0.05, 0) is 95.3 Å². The van der Waals surface area contributed by atoms with Gasteiger partial charge in [-0.15, -0.1) is 0 Å². The Kier molecular flexibility index (Phi) is 9.18. The molecule has 0 aliphatic carbocycles. The predicted molar refractivity (Wildman–Crippen MR) is 206 cm³/mol. The number of rotatable bonds is 10. The maximum atomic E-state index is 4.27. The summed E-state index contributed by atoms with van der Waals surface area (Å²) in [6.45, 7) is 19.0. The number of aryl methyl sites for hydroxylation is 1. The molecule has 1 nitrogen and oxygen atoms in total. The fraction of sp³-hybridized carbons (Fsp3) is 0.0870. The van der Waals surface area contributed by atoms with Crippen molar-refractivity contribution in [2.75, 3.05) is 0 Å². The number of hydrogen-bond donors (Lipinski definition) is 0. The van der Waals surface area contributed by atoms with Crippen molar-refractivity contribution in [3.05, 3.63) is 192 Å². The SMILES string of the molecule is C=C/C=C\Cc1cccc(/C(C=C)=C/c2c(C)c(C)c(-c3ccc(-c4cccc(C)c4)cc3C=C)n2-c2cccc3ccccc23)c1. The van der Waals surface area contributed by atoms with Crippen LogP contribution in [0, 0.1) is 20.8 Å². The fourth-order valence-electron chi connectivity index (χ4n) is 6.51. The van der Waals surface area contributed by atoms with Crippen LogP contribution in [0.15, 0.2) is 153 Å². The lowest BCUT2D eigenvalue weighted by Crippen LogP contribution is -2.02. The first kappa shape index (κ1) is 31.3. The first-order valence-corrected chi connectivity index (χ1v) is 16.2. The molecule has 1 aromatic heterocycles. The van der Waals surface area contributed by atoms with E-state index in [9.17, 15) is 0 Å². The minimum Gasteiger partial charge on any atom is -0.309 e. The third-order valence-electron chi connectivity index (χ3n) is 9.05. The molecule has 1 heteroatoms. The van der Waals surface area contributed by atoms with Gasteiger partial charge in [0.1, 0.15) is 0 Å². The second-order valence-electron chi connectivity index (χ2n) is 12.1. The molecule has 5 aromatic carbocycles. The molecule has 0 amide bonds. The van der Waals surface area contributed by atoms with Crippen molar-refractivity contribution < 1.29 is 0 Å². The lowest BCUT2D eigenvalue weighted by atomic mass is 9.95. The van der Waals surface area contributed by atoms with Crippen LogP contribution >= 0.6 is 0 Å². The molecule has 0 unspecified atom stereocenters. The highest BCUT2D eigenvalue weighted by Crippen LogP contribution is 2.40. The van der Waals surface area contributed by atoms with E-state index in [-0.39, 0.29) is 0 Å². The third-order valence-corrected chi connectivity index (χ3v) is 9.05. The van der Waals surface area contributed by atoms with E-state index in [1.807, 2.05) is 24.3 Å². The van der Waals surface area contributed by atoms with Gasteiger partial charge in [0.25, 0.3) is 0 Å². The fourth-order valence-corrected chi connectivity index (χ4v) is 6.51. The van der Waals surface area contributed by atoms with Crippen molar-refractivity contribution in [3.63, 3.8) is 0 Å². The summed E-state index contributed by atoms with van der Waals surface area (Å²) in [4.78, 5) is 0. The minimum atomic E-state index is 0.849. The summed E-state index contributed by atoms with van der Waals surface area (Å²) in [5, 5.41) is 2.41. The van der Waals surface area contributed by atoms with Gasteiger partial charge in [0.05, 0.1) is 17.1 Å². The van der Waals surface area contributed by atoms with E-state index in [4.69, 9.17) is 0 Å². The number of nitrogens with zero attached hydrogens (tertiary/aromatic N) is 1. The van der Waals surface area contributed by atoms with Crippen LogP contribution in [0.2, 0.25) is 0 Å². The van der Waals surface area contributed by atoms with Crippen LogP contribution in [-0.2, 0) is 6.42 Å². The molecule has 0 saturated carbocycles. The number of hydrogen-bond acceptors (Lipinski definition) is 0. The maximum Gasteiger partial charge on any atom is 0.0572 e. The van der Waals surface area contributed by atoms with E-state index in [0.717, 1.165) is 40.1 Å². The van der Waals surface area contributed by atoms with E-state index >= 15 is 0 Å². The number of aromatic nitrogens is 1. The minimum absolute atomic E-state index is 0.849. The molecule has 230 valence electrons. The third kappa shape index (κ3) is 6.26. The van der Waals surface area contributed by atoms with Gasteiger partial charge >= 0.3 is 0 Å². The Labute approximate surface area is 279 Å². The molecule has 0 aliphatic rings. The van der Waals surface area contributed by atoms with Gasteiger partial charge < -0.3 is 4.57 Å². The Morgan fingerprint density at radius 1 is 0.723 bits per heavy atom. The van der Waals surface area contributed by atoms with Crippen molar-refractivity contribution in [1.82, 2.24) is 4.57 Å². The highest BCUT2D eigenvalue weighted by atomic mass is 15.0. The average molecular weight is 608 g/mol. The van der Waals surface area contributed by atoms with Gasteiger partial charge in [0.15, 0.2) is 0 Å². The molecule has 6 aromatic rings. The quantitative estimate of drug-likeness (QED) is 0.137. The van der Waals surface area contributed by atoms with E-state index in [2.05, 4.69) is 166 Å². The molecule has 0 N–H and O–H groups in total. The van der Waals surface area contributed by atoms with Crippen LogP contribution < -0.4 is 0 Å². The van der Waals surface area contributed by atoms with E-state index in [1.54, 1.807) is 0 Å². The topological polar surface area (TPSA) is 4.93 Å². The average Bonchev–Trinajstić information content (AvgIpc) is 3.34. The molecule has 0 bridgehead atoms. The van der Waals surface area contributed by atoms with Crippen LogP contribution in [0.1, 0.15) is 39.1 Å². The van der Waals surface area contributed by atoms with Crippen LogP contribution in [0.4, 0.5) is 0 Å². The Balaban J connectivity index is 1.61. The highest BCUT2D eigenvalue weighted by molar-refractivity contribution is 5.95. The predicted octanol–water partition coefficient (Wildman–Crippen LogP) is 12.5. The van der Waals surface area contributed by atoms with Gasteiger partial charge in [-0.25, -0.2) is 0 Å². The second kappa shape index (κ2) is 13.8. The van der Waals surface area contributed by atoms with Gasteiger partial charge in [-0.3, -0.25) is 0 Å². The van der Waals surface area contributed by atoms with Crippen LogP contribution in [0.5, 0.6) is 0 Å². The van der Waals surface area contributed by atoms with E-state index in [1.165, 1.54) is 49.8 Å². The summed E-state index contributed by atoms with van der Waals surface area (Å²) in [6.07, 6.45) is 13.1. The van der Waals surface area contributed by atoms with Crippen molar-refractivity contribution >= 4 is 28.5 Å². The van der Waals surface area contributed by atoms with Crippen molar-refractivity contribution in [1.29, 1.82) is 0 Å². The van der Waals surface area contributed by atoms with Gasteiger partial charge in [0.2, 0.25) is 0 Å². The maximum absolute atomic E-state index is 4.27. The molecule has 0 fully saturated rings. The summed E-state index contributed by atoms with van der Waals surface area (Å²) in [6, 6.07) is 39.4. The van der Waals surface area contributed by atoms with Gasteiger partial charge in [0, 0.05) is 10.9 Å². The summed E-state index contributed by atoms with van der Waals surface area (Å²) in [5.74, 6) is 0. The monoisotopic (exact) mass is 607 g/mol. The Morgan fingerprint density at radius 3 is 2.28 bits per heavy atom. The molecule has 0 atom stereocenters. The highest BCUT2D eigenvalue weighted by Gasteiger charge is 2.22. The second-order valence-corrected chi connectivity index (χ2v) is 12.1. The standard InChI is InChI=1S/C46H41N/c1-7-10-11-18-35-19-15-23-40(29-35)36(8-2)31-45-33(5)34(6)46(47(45)44-25-16-21-38-20-12-13-24-42(38)44)43-27-26-41(30-37(43)9-3)39-22-14-17-32(4)28-39/h7-17,19-31H,1-3,18H2,4-6H3/b11-10-,36-31+. The first-order chi connectivity index (χ1) is 22.9. The zero-order valence-electron chi connectivity index (χ0n) is 27.6. The molecule has 0 saturated heterocycles. The van der Waals surface area contributed by atoms with Crippen molar-refractivity contribution in [2.24, 2.45) is 0 Å². The molecular weight excluding hydrogens is 567 g/mol. The number of allylic oxidation sites excluding steroid dienone is 5. The van der Waals surface area contributed by atoms with Crippen LogP contribution in [0.3, 0.4) is 0 Å². The van der Waals surface area contributed by atoms with Gasteiger partial charge in [-0.2, -0.15) is 0 Å². The molecule has 0 radical (unpaired) electrons. The van der Waals surface area contributed by atoms with Crippen LogP contribution in [0.25, 0.3) is 56.6 Å². The lowest BCUT2D eigenvalue weighted by Gasteiger charge is -2.18. The normalized spacial score (nSPS) is 11.7. The summed E-state index contributed by atoms with van der Waals surface area (Å²) >= 11 is 0. The number of fused-ring (bicyclic) bond motifs is 1. The Morgan fingerprint density at radius 2 is 1.49 bits per heavy atom. The zero-order valence-corrected chi connectivity index (χ0v) is 27.6. The molecule has 6 rings (SSSR count). The smallest absolute Gasteiger partial charge is 0.0572 e. The van der Waals surface area contributed by atoms with E-state index in [0.29, 0.717) is 0 Å². The first-order valence-electron chi connectivity index (χ1n) is 16.2. The molecule has 1 heterocycles. The zero-order chi connectivity index (χ0) is 32.9. The molecular formula is C46H41N. The summed E-state index contributed by atoms with van der Waals surface area (Å²) in [7, 11) is 0. The Hall–Kier alpha value is -5.66. The lowest BCUT2D eigenvalue weighted by molar-refractivity contribution is 1.07. The van der Waals surface area contributed by atoms with E-state index < -0.39 is 0 Å². The number of benzene rings is 5. The van der Waals surface area contributed by atoms with Crippen molar-refractivity contribution in [3.8, 4) is 28.1 Å². The molecule has 0 spiro atoms. The largest absolute Gasteiger partial charge is 0.309 e. The van der Waals surface area contributed by atoms with Crippen LogP contribution in [-0.4, -0.2) is 4.57 Å². The van der Waals surface area contributed by atoms with Gasteiger partial charge in [-0.1, -0.05) is 153 Å². The summed E-state index contributed by atoms with van der Waals surface area (Å²) < 4.78 is 2.45. The summed E-state index contributed by atoms with van der Waals surface area (Å²) in [5.41, 5.74) is 15.3.